The van der Waals surface area contributed by atoms with Gasteiger partial charge in [0, 0.05) is 37.7 Å². The number of hydrogen-bond donors (Lipinski definition) is 0. The van der Waals surface area contributed by atoms with Crippen LogP contribution in [0.3, 0.4) is 0 Å². The van der Waals surface area contributed by atoms with E-state index >= 15 is 0 Å². The molecule has 47 heavy (non-hydrogen) atoms. The topological polar surface area (TPSA) is 30.2 Å². The van der Waals surface area contributed by atoms with Crippen LogP contribution in [0, 0.1) is 19.6 Å². The van der Waals surface area contributed by atoms with Crippen LogP contribution >= 0.6 is 0 Å². The van der Waals surface area contributed by atoms with Gasteiger partial charge in [-0.2, -0.15) is 35.9 Å². The molecule has 5 aromatic carbocycles. The number of anilines is 2. The van der Waals surface area contributed by atoms with E-state index in [0.29, 0.717) is 11.8 Å². The van der Waals surface area contributed by atoms with Crippen LogP contribution in [0.15, 0.2) is 140 Å². The van der Waals surface area contributed by atoms with Crippen LogP contribution in [-0.2, 0) is 20.1 Å². The standard InChI is InChI=1S/C31H30N2.C11H8N.CH3.Ir/c1-21(2)26-16-11-17-27(22(3)4)30(26)33-29-20-25(23-12-7-5-8-13-23)18-19-28(29)32-31(33)24-14-9-6-10-15-24;1-2-6-10(7-3-1)11-8-4-5-9-12-11;;/h5-14,16-22,31H,1-4H3;1-6,8-9H;1H3;/q-2;2*-1;. The number of pyridine rings is 1. The first-order chi connectivity index (χ1) is 22.0. The van der Waals surface area contributed by atoms with E-state index in [1.807, 2.05) is 54.6 Å². The Balaban J connectivity index is 0.000000301. The van der Waals surface area contributed by atoms with E-state index in [0.717, 1.165) is 28.2 Å². The van der Waals surface area contributed by atoms with Crippen molar-refractivity contribution in [3.63, 3.8) is 0 Å². The van der Waals surface area contributed by atoms with Crippen LogP contribution in [0.1, 0.15) is 62.4 Å². The molecular formula is C43H41IrN3-4. The average Bonchev–Trinajstić information content (AvgIpc) is 3.48. The molecule has 6 aromatic rings. The summed E-state index contributed by atoms with van der Waals surface area (Å²) in [4.78, 5) is 6.67. The Morgan fingerprint density at radius 1 is 0.660 bits per heavy atom. The number of nitrogens with zero attached hydrogens (tertiary/aromatic N) is 3. The molecule has 241 valence electrons. The van der Waals surface area contributed by atoms with Crippen molar-refractivity contribution in [1.29, 1.82) is 0 Å². The van der Waals surface area contributed by atoms with Gasteiger partial charge in [0.2, 0.25) is 0 Å². The van der Waals surface area contributed by atoms with Crippen LogP contribution in [-0.4, -0.2) is 4.98 Å². The fraction of sp³-hybridized carbons (Fsp3) is 0.163. The summed E-state index contributed by atoms with van der Waals surface area (Å²) < 4.78 is 0. The van der Waals surface area contributed by atoms with E-state index < -0.39 is 0 Å². The van der Waals surface area contributed by atoms with Crippen molar-refractivity contribution in [2.45, 2.75) is 45.7 Å². The molecular weight excluding hydrogens is 751 g/mol. The minimum atomic E-state index is -0.135. The van der Waals surface area contributed by atoms with E-state index in [-0.39, 0.29) is 33.7 Å². The van der Waals surface area contributed by atoms with Gasteiger partial charge in [-0.15, -0.1) is 41.6 Å². The minimum absolute atomic E-state index is 0. The maximum atomic E-state index is 5.21. The van der Waals surface area contributed by atoms with Gasteiger partial charge in [-0.05, 0) is 58.1 Å². The second-order valence-electron chi connectivity index (χ2n) is 11.8. The van der Waals surface area contributed by atoms with Crippen LogP contribution < -0.4 is 4.90 Å². The molecule has 0 N–H and O–H groups in total. The maximum Gasteiger partial charge on any atom is 0.0471 e. The summed E-state index contributed by atoms with van der Waals surface area (Å²) in [6, 6.07) is 52.5. The third-order valence-electron chi connectivity index (χ3n) is 8.09. The Labute approximate surface area is 295 Å². The number of fused-ring (bicyclic) bond motifs is 1. The maximum absolute atomic E-state index is 5.21. The Hall–Kier alpha value is -4.50. The van der Waals surface area contributed by atoms with Crippen LogP contribution in [0.25, 0.3) is 27.7 Å². The molecule has 3 nitrogen and oxygen atoms in total. The average molecular weight is 792 g/mol. The van der Waals surface area contributed by atoms with E-state index in [1.54, 1.807) is 6.20 Å². The first-order valence-corrected chi connectivity index (χ1v) is 15.7. The molecule has 7 rings (SSSR count). The minimum Gasteiger partial charge on any atom is -0.661 e. The molecule has 0 spiro atoms. The Morgan fingerprint density at radius 3 is 1.91 bits per heavy atom. The molecule has 0 fully saturated rings. The molecule has 1 radical (unpaired) electrons. The summed E-state index contributed by atoms with van der Waals surface area (Å²) in [5.74, 6) is 0.806. The number of hydrogen-bond acceptors (Lipinski definition) is 2. The molecule has 1 aliphatic rings. The Bertz CT molecular complexity index is 1760. The second-order valence-corrected chi connectivity index (χ2v) is 11.8. The molecule has 0 aliphatic carbocycles. The van der Waals surface area contributed by atoms with E-state index in [2.05, 4.69) is 129 Å². The number of para-hydroxylation sites is 1. The van der Waals surface area contributed by atoms with Gasteiger partial charge < -0.3 is 22.6 Å². The molecule has 4 heteroatoms. The van der Waals surface area contributed by atoms with Crippen LogP contribution in [0.5, 0.6) is 0 Å². The van der Waals surface area contributed by atoms with Gasteiger partial charge in [-0.25, -0.2) is 0 Å². The molecule has 1 unspecified atom stereocenters. The molecule has 2 heterocycles. The van der Waals surface area contributed by atoms with Crippen molar-refractivity contribution >= 4 is 17.1 Å². The Morgan fingerprint density at radius 2 is 1.32 bits per heavy atom. The van der Waals surface area contributed by atoms with Crippen LogP contribution in [0.4, 0.5) is 17.1 Å². The summed E-state index contributed by atoms with van der Waals surface area (Å²) in [7, 11) is 0. The van der Waals surface area contributed by atoms with Gasteiger partial charge in [0.15, 0.2) is 0 Å². The number of aromatic nitrogens is 1. The largest absolute Gasteiger partial charge is 0.661 e. The van der Waals surface area contributed by atoms with Gasteiger partial charge in [0.25, 0.3) is 0 Å². The van der Waals surface area contributed by atoms with Crippen molar-refractivity contribution < 1.29 is 20.1 Å². The number of rotatable bonds is 6. The first-order valence-electron chi connectivity index (χ1n) is 15.7. The van der Waals surface area contributed by atoms with Crippen LogP contribution in [0.2, 0.25) is 0 Å². The van der Waals surface area contributed by atoms with E-state index in [1.165, 1.54) is 27.9 Å². The van der Waals surface area contributed by atoms with E-state index in [9.17, 15) is 0 Å². The van der Waals surface area contributed by atoms with E-state index in [4.69, 9.17) is 5.32 Å². The van der Waals surface area contributed by atoms with Gasteiger partial charge in [-0.3, -0.25) is 0 Å². The van der Waals surface area contributed by atoms with Gasteiger partial charge in [-0.1, -0.05) is 100 Å². The van der Waals surface area contributed by atoms with Crippen molar-refractivity contribution in [2.24, 2.45) is 0 Å². The summed E-state index contributed by atoms with van der Waals surface area (Å²) in [5.41, 5.74) is 11.7. The zero-order chi connectivity index (χ0) is 31.2. The molecule has 0 saturated heterocycles. The molecule has 1 atom stereocenters. The smallest absolute Gasteiger partial charge is 0.0471 e. The SMILES string of the molecule is CC(C)c1cccc(C(C)C)c1N1c2cc(-c3ccccc3)ccc2[N-]C1c1[c-]cccc1.[CH3-].[Ir].[c-]1ccccc1-c1ccccn1. The first kappa shape index (κ1) is 35.4. The zero-order valence-electron chi connectivity index (χ0n) is 27.7. The summed E-state index contributed by atoms with van der Waals surface area (Å²) in [5, 5.41) is 5.21. The van der Waals surface area contributed by atoms with Crippen molar-refractivity contribution in [2.75, 3.05) is 4.90 Å². The fourth-order valence-corrected chi connectivity index (χ4v) is 5.84. The van der Waals surface area contributed by atoms with Crippen molar-refractivity contribution in [1.82, 2.24) is 4.98 Å². The van der Waals surface area contributed by atoms with Gasteiger partial charge in [0.05, 0.1) is 0 Å². The molecule has 0 bridgehead atoms. The number of benzene rings is 5. The fourth-order valence-electron chi connectivity index (χ4n) is 5.84. The quantitative estimate of drug-likeness (QED) is 0.157. The predicted octanol–water partition coefficient (Wildman–Crippen LogP) is 12.3. The summed E-state index contributed by atoms with van der Waals surface area (Å²) in [6.45, 7) is 9.12. The predicted molar refractivity (Wildman–Crippen MR) is 195 cm³/mol. The third kappa shape index (κ3) is 7.91. The molecule has 0 amide bonds. The monoisotopic (exact) mass is 792 g/mol. The summed E-state index contributed by atoms with van der Waals surface area (Å²) >= 11 is 0. The normalized spacial score (nSPS) is 13.1. The second kappa shape index (κ2) is 16.4. The Kier molecular flexibility index (Phi) is 12.3. The van der Waals surface area contributed by atoms with Crippen molar-refractivity contribution in [3.8, 4) is 22.4 Å². The third-order valence-corrected chi connectivity index (χ3v) is 8.09. The van der Waals surface area contributed by atoms with Gasteiger partial charge >= 0.3 is 0 Å². The molecule has 1 aromatic heterocycles. The van der Waals surface area contributed by atoms with Gasteiger partial charge in [0.1, 0.15) is 0 Å². The molecule has 1 aliphatic heterocycles. The summed E-state index contributed by atoms with van der Waals surface area (Å²) in [6.07, 6.45) is 1.65. The molecule has 0 saturated carbocycles. The zero-order valence-corrected chi connectivity index (χ0v) is 30.1. The van der Waals surface area contributed by atoms with Crippen molar-refractivity contribution in [3.05, 3.63) is 181 Å².